The maximum Gasteiger partial charge on any atom is 0.320 e. The zero-order chi connectivity index (χ0) is 13.7. The number of nitrogens with two attached hydrogens (primary N) is 1. The number of nitrogens with zero attached hydrogens (tertiary/aromatic N) is 2. The van der Waals surface area contributed by atoms with Gasteiger partial charge < -0.3 is 15.5 Å². The molecule has 2 N–H and O–H groups in total. The van der Waals surface area contributed by atoms with Crippen LogP contribution in [0.4, 0.5) is 10.5 Å². The smallest absolute Gasteiger partial charge is 0.320 e. The first-order valence-corrected chi connectivity index (χ1v) is 6.38. The van der Waals surface area contributed by atoms with Gasteiger partial charge in [-0.2, -0.15) is 0 Å². The summed E-state index contributed by atoms with van der Waals surface area (Å²) in [6, 6.07) is 7.74. The van der Waals surface area contributed by atoms with Crippen molar-refractivity contribution in [2.75, 3.05) is 25.9 Å². The molecule has 4 nitrogen and oxygen atoms in total. The van der Waals surface area contributed by atoms with Gasteiger partial charge in [-0.15, -0.1) is 0 Å². The second-order valence-corrected chi connectivity index (χ2v) is 4.41. The highest BCUT2D eigenvalue weighted by Gasteiger charge is 2.20. The maximum absolute atomic E-state index is 12.2. The lowest BCUT2D eigenvalue weighted by Gasteiger charge is -2.31. The van der Waals surface area contributed by atoms with E-state index in [0.717, 1.165) is 24.3 Å². The minimum Gasteiger partial charge on any atom is -0.399 e. The fraction of sp³-hybridized carbons (Fsp3) is 0.500. The van der Waals surface area contributed by atoms with E-state index in [2.05, 4.69) is 0 Å². The van der Waals surface area contributed by atoms with Crippen molar-refractivity contribution in [1.82, 2.24) is 9.80 Å². The van der Waals surface area contributed by atoms with E-state index in [1.54, 1.807) is 4.90 Å². The number of urea groups is 1. The van der Waals surface area contributed by atoms with Crippen LogP contribution in [0.5, 0.6) is 0 Å². The predicted molar refractivity (Wildman–Crippen MR) is 75.3 cm³/mol. The molecule has 0 spiro atoms. The Balaban J connectivity index is 2.83. The molecule has 0 heterocycles. The summed E-state index contributed by atoms with van der Waals surface area (Å²) >= 11 is 0. The third-order valence-electron chi connectivity index (χ3n) is 3.31. The molecule has 18 heavy (non-hydrogen) atoms. The largest absolute Gasteiger partial charge is 0.399 e. The summed E-state index contributed by atoms with van der Waals surface area (Å²) in [7, 11) is 1.83. The van der Waals surface area contributed by atoms with Crippen LogP contribution in [-0.4, -0.2) is 36.0 Å². The molecule has 0 bridgehead atoms. The van der Waals surface area contributed by atoms with Gasteiger partial charge in [-0.1, -0.05) is 12.1 Å². The van der Waals surface area contributed by atoms with Gasteiger partial charge >= 0.3 is 6.03 Å². The van der Waals surface area contributed by atoms with Crippen LogP contribution in [0.1, 0.15) is 32.4 Å². The number of rotatable bonds is 4. The minimum absolute atomic E-state index is 0.0154. The molecule has 4 heteroatoms. The van der Waals surface area contributed by atoms with Crippen LogP contribution in [-0.2, 0) is 0 Å². The van der Waals surface area contributed by atoms with Gasteiger partial charge in [0.15, 0.2) is 0 Å². The number of nitrogen functional groups attached to an aromatic ring is 1. The molecule has 1 aromatic carbocycles. The minimum atomic E-state index is 0.0154. The highest BCUT2D eigenvalue weighted by Crippen LogP contribution is 2.21. The molecule has 100 valence electrons. The van der Waals surface area contributed by atoms with E-state index >= 15 is 0 Å². The number of amides is 2. The van der Waals surface area contributed by atoms with Crippen molar-refractivity contribution in [2.24, 2.45) is 0 Å². The lowest BCUT2D eigenvalue weighted by molar-refractivity contribution is 0.154. The molecule has 1 rings (SSSR count). The molecule has 0 saturated carbocycles. The van der Waals surface area contributed by atoms with Crippen molar-refractivity contribution in [1.29, 1.82) is 0 Å². The van der Waals surface area contributed by atoms with Gasteiger partial charge in [0.2, 0.25) is 0 Å². The Hall–Kier alpha value is -1.71. The van der Waals surface area contributed by atoms with Crippen molar-refractivity contribution < 1.29 is 4.79 Å². The zero-order valence-corrected chi connectivity index (χ0v) is 11.7. The molecule has 0 aliphatic heterocycles. The van der Waals surface area contributed by atoms with E-state index in [1.807, 2.05) is 57.0 Å². The summed E-state index contributed by atoms with van der Waals surface area (Å²) < 4.78 is 0. The summed E-state index contributed by atoms with van der Waals surface area (Å²) in [6.45, 7) is 7.43. The highest BCUT2D eigenvalue weighted by molar-refractivity contribution is 5.74. The van der Waals surface area contributed by atoms with E-state index in [-0.39, 0.29) is 12.1 Å². The van der Waals surface area contributed by atoms with Crippen LogP contribution in [0.15, 0.2) is 24.3 Å². The first kappa shape index (κ1) is 14.4. The van der Waals surface area contributed by atoms with E-state index in [4.69, 9.17) is 5.73 Å². The molecule has 0 aromatic heterocycles. The molecule has 0 aliphatic rings. The first-order valence-electron chi connectivity index (χ1n) is 6.38. The molecule has 0 radical (unpaired) electrons. The van der Waals surface area contributed by atoms with Crippen molar-refractivity contribution in [3.63, 3.8) is 0 Å². The average Bonchev–Trinajstić information content (AvgIpc) is 2.38. The van der Waals surface area contributed by atoms with E-state index in [0.29, 0.717) is 0 Å². The van der Waals surface area contributed by atoms with Gasteiger partial charge in [-0.05, 0) is 38.5 Å². The lowest BCUT2D eigenvalue weighted by Crippen LogP contribution is -2.42. The van der Waals surface area contributed by atoms with Crippen LogP contribution in [0.2, 0.25) is 0 Å². The van der Waals surface area contributed by atoms with Crippen LogP contribution >= 0.6 is 0 Å². The fourth-order valence-electron chi connectivity index (χ4n) is 1.93. The molecular weight excluding hydrogens is 226 g/mol. The Morgan fingerprint density at radius 1 is 1.33 bits per heavy atom. The van der Waals surface area contributed by atoms with E-state index < -0.39 is 0 Å². The standard InChI is InChI=1S/C14H23N3O/c1-5-17(6-2)14(18)16(4)11(3)12-8-7-9-13(15)10-12/h7-11H,5-6,15H2,1-4H3. The Kier molecular flexibility index (Phi) is 5.01. The molecule has 1 atom stereocenters. The Morgan fingerprint density at radius 3 is 2.44 bits per heavy atom. The van der Waals surface area contributed by atoms with Gasteiger partial charge in [0, 0.05) is 25.8 Å². The summed E-state index contributed by atoms with van der Waals surface area (Å²) in [4.78, 5) is 15.8. The van der Waals surface area contributed by atoms with Crippen molar-refractivity contribution in [3.05, 3.63) is 29.8 Å². The monoisotopic (exact) mass is 249 g/mol. The fourth-order valence-corrected chi connectivity index (χ4v) is 1.93. The van der Waals surface area contributed by atoms with Crippen molar-refractivity contribution in [2.45, 2.75) is 26.8 Å². The van der Waals surface area contributed by atoms with E-state index in [1.165, 1.54) is 0 Å². The number of anilines is 1. The second kappa shape index (κ2) is 6.28. The first-order chi connectivity index (χ1) is 8.51. The normalized spacial score (nSPS) is 12.0. The quantitative estimate of drug-likeness (QED) is 0.834. The Labute approximate surface area is 109 Å². The van der Waals surface area contributed by atoms with Gasteiger partial charge in [0.25, 0.3) is 0 Å². The van der Waals surface area contributed by atoms with Gasteiger partial charge in [0.1, 0.15) is 0 Å². The van der Waals surface area contributed by atoms with E-state index in [9.17, 15) is 4.79 Å². The molecule has 0 fully saturated rings. The van der Waals surface area contributed by atoms with Crippen LogP contribution < -0.4 is 5.73 Å². The number of carbonyl (C=O) groups is 1. The Bertz CT molecular complexity index is 402. The van der Waals surface area contributed by atoms with Crippen molar-refractivity contribution >= 4 is 11.7 Å². The summed E-state index contributed by atoms with van der Waals surface area (Å²) in [5.74, 6) is 0. The second-order valence-electron chi connectivity index (χ2n) is 4.41. The predicted octanol–water partition coefficient (Wildman–Crippen LogP) is 2.72. The van der Waals surface area contributed by atoms with Crippen molar-refractivity contribution in [3.8, 4) is 0 Å². The lowest BCUT2D eigenvalue weighted by atomic mass is 10.1. The molecule has 1 unspecified atom stereocenters. The summed E-state index contributed by atoms with van der Waals surface area (Å²) in [5, 5.41) is 0. The van der Waals surface area contributed by atoms with Gasteiger partial charge in [0.05, 0.1) is 6.04 Å². The average molecular weight is 249 g/mol. The van der Waals surface area contributed by atoms with Crippen LogP contribution in [0, 0.1) is 0 Å². The Morgan fingerprint density at radius 2 is 1.94 bits per heavy atom. The zero-order valence-electron chi connectivity index (χ0n) is 11.7. The third-order valence-corrected chi connectivity index (χ3v) is 3.31. The SMILES string of the molecule is CCN(CC)C(=O)N(C)C(C)c1cccc(N)c1. The number of carbonyl (C=O) groups excluding carboxylic acids is 1. The summed E-state index contributed by atoms with van der Waals surface area (Å²) in [5.41, 5.74) is 7.55. The highest BCUT2D eigenvalue weighted by atomic mass is 16.2. The number of benzene rings is 1. The molecule has 2 amide bonds. The number of hydrogen-bond donors (Lipinski definition) is 1. The third kappa shape index (κ3) is 3.15. The van der Waals surface area contributed by atoms with Gasteiger partial charge in [-0.3, -0.25) is 0 Å². The molecule has 0 saturated heterocycles. The summed E-state index contributed by atoms with van der Waals surface area (Å²) in [6.07, 6.45) is 0. The number of hydrogen-bond acceptors (Lipinski definition) is 2. The maximum atomic E-state index is 12.2. The molecule has 1 aromatic rings. The van der Waals surface area contributed by atoms with Gasteiger partial charge in [-0.25, -0.2) is 4.79 Å². The topological polar surface area (TPSA) is 49.6 Å². The van der Waals surface area contributed by atoms with Crippen LogP contribution in [0.25, 0.3) is 0 Å². The van der Waals surface area contributed by atoms with Crippen LogP contribution in [0.3, 0.4) is 0 Å². The molecule has 0 aliphatic carbocycles. The molecular formula is C14H23N3O.